The van der Waals surface area contributed by atoms with Crippen LogP contribution in [0, 0.1) is 11.8 Å². The number of rotatable bonds is 7. The van der Waals surface area contributed by atoms with E-state index in [9.17, 15) is 14.4 Å². The predicted molar refractivity (Wildman–Crippen MR) is 129 cm³/mol. The molecule has 0 aromatic heterocycles. The SMILES string of the molecule is CCOC(=O)CC1CCC(NC(=O)N(C)C)CC1.CN(C)C(=O)NC1CCC(CCO)CC1. The van der Waals surface area contributed by atoms with Gasteiger partial charge in [-0.2, -0.15) is 0 Å². The highest BCUT2D eigenvalue weighted by Crippen LogP contribution is 2.27. The third-order valence-corrected chi connectivity index (χ3v) is 6.46. The van der Waals surface area contributed by atoms with Crippen LogP contribution in [0.3, 0.4) is 0 Å². The molecule has 2 saturated carbocycles. The van der Waals surface area contributed by atoms with Crippen LogP contribution >= 0.6 is 0 Å². The maximum Gasteiger partial charge on any atom is 0.317 e. The van der Waals surface area contributed by atoms with Gasteiger partial charge in [0.15, 0.2) is 0 Å². The summed E-state index contributed by atoms with van der Waals surface area (Å²) in [6, 6.07) is 0.539. The highest BCUT2D eigenvalue weighted by atomic mass is 16.5. The molecule has 9 heteroatoms. The van der Waals surface area contributed by atoms with Gasteiger partial charge in [-0.1, -0.05) is 0 Å². The molecule has 2 aliphatic carbocycles. The number of aliphatic hydroxyl groups excluding tert-OH is 1. The van der Waals surface area contributed by atoms with E-state index in [-0.39, 0.29) is 24.1 Å². The lowest BCUT2D eigenvalue weighted by Crippen LogP contribution is -2.43. The Bertz CT molecular complexity index is 583. The third kappa shape index (κ3) is 12.1. The Morgan fingerprint density at radius 2 is 1.21 bits per heavy atom. The van der Waals surface area contributed by atoms with E-state index in [4.69, 9.17) is 9.84 Å². The van der Waals surface area contributed by atoms with E-state index in [1.165, 1.54) is 0 Å². The van der Waals surface area contributed by atoms with Crippen molar-refractivity contribution < 1.29 is 24.2 Å². The number of nitrogens with zero attached hydrogens (tertiary/aromatic N) is 2. The number of hydrogen-bond donors (Lipinski definition) is 3. The Labute approximate surface area is 199 Å². The van der Waals surface area contributed by atoms with Crippen molar-refractivity contribution in [2.75, 3.05) is 41.4 Å². The molecule has 0 unspecified atom stereocenters. The molecule has 0 radical (unpaired) electrons. The van der Waals surface area contributed by atoms with E-state index in [0.29, 0.717) is 37.5 Å². The average molecular weight is 471 g/mol. The molecule has 0 aliphatic heterocycles. The number of amides is 4. The summed E-state index contributed by atoms with van der Waals surface area (Å²) in [5.41, 5.74) is 0. The largest absolute Gasteiger partial charge is 0.466 e. The van der Waals surface area contributed by atoms with Crippen LogP contribution in [0.15, 0.2) is 0 Å². The minimum absolute atomic E-state index is 0.000563. The lowest BCUT2D eigenvalue weighted by molar-refractivity contribution is -0.144. The van der Waals surface area contributed by atoms with E-state index in [0.717, 1.165) is 57.8 Å². The van der Waals surface area contributed by atoms with Gasteiger partial charge < -0.3 is 30.3 Å². The van der Waals surface area contributed by atoms with Gasteiger partial charge >= 0.3 is 18.0 Å². The van der Waals surface area contributed by atoms with Crippen LogP contribution < -0.4 is 10.6 Å². The van der Waals surface area contributed by atoms with Crippen molar-refractivity contribution >= 4 is 18.0 Å². The second-order valence-corrected chi connectivity index (χ2v) is 9.64. The molecule has 33 heavy (non-hydrogen) atoms. The second-order valence-electron chi connectivity index (χ2n) is 9.64. The van der Waals surface area contributed by atoms with Gasteiger partial charge in [-0.25, -0.2) is 9.59 Å². The Balaban J connectivity index is 0.000000335. The smallest absolute Gasteiger partial charge is 0.317 e. The van der Waals surface area contributed by atoms with Gasteiger partial charge in [-0.15, -0.1) is 0 Å². The normalized spacial score (nSPS) is 24.5. The molecule has 0 bridgehead atoms. The molecule has 0 atom stereocenters. The number of esters is 1. The molecule has 9 nitrogen and oxygen atoms in total. The van der Waals surface area contributed by atoms with Gasteiger partial charge in [0.2, 0.25) is 0 Å². The Morgan fingerprint density at radius 3 is 1.58 bits per heavy atom. The van der Waals surface area contributed by atoms with Gasteiger partial charge in [0.1, 0.15) is 0 Å². The summed E-state index contributed by atoms with van der Waals surface area (Å²) in [4.78, 5) is 37.4. The predicted octanol–water partition coefficient (Wildman–Crippen LogP) is 2.97. The maximum atomic E-state index is 11.5. The van der Waals surface area contributed by atoms with Crippen molar-refractivity contribution in [3.05, 3.63) is 0 Å². The minimum atomic E-state index is -0.0988. The molecular weight excluding hydrogens is 424 g/mol. The number of carbonyl (C=O) groups excluding carboxylic acids is 3. The monoisotopic (exact) mass is 470 g/mol. The highest BCUT2D eigenvalue weighted by Gasteiger charge is 2.25. The number of hydrogen-bond acceptors (Lipinski definition) is 5. The summed E-state index contributed by atoms with van der Waals surface area (Å²) >= 11 is 0. The zero-order valence-electron chi connectivity index (χ0n) is 21.3. The Hall–Kier alpha value is -2.03. The molecule has 2 aliphatic rings. The molecule has 4 amide bonds. The Morgan fingerprint density at radius 1 is 0.788 bits per heavy atom. The number of aliphatic hydroxyl groups is 1. The second kappa shape index (κ2) is 15.7. The van der Waals surface area contributed by atoms with Crippen LogP contribution in [0.4, 0.5) is 9.59 Å². The summed E-state index contributed by atoms with van der Waals surface area (Å²) < 4.78 is 4.95. The van der Waals surface area contributed by atoms with Crippen LogP contribution in [-0.4, -0.2) is 86.4 Å². The molecule has 2 fully saturated rings. The molecule has 192 valence electrons. The van der Waals surface area contributed by atoms with Gasteiger partial charge in [-0.3, -0.25) is 4.79 Å². The molecule has 0 heterocycles. The lowest BCUT2D eigenvalue weighted by Gasteiger charge is -2.29. The van der Waals surface area contributed by atoms with Crippen LogP contribution in [0.25, 0.3) is 0 Å². The van der Waals surface area contributed by atoms with Crippen LogP contribution in [0.2, 0.25) is 0 Å². The van der Waals surface area contributed by atoms with Gasteiger partial charge in [-0.05, 0) is 76.5 Å². The van der Waals surface area contributed by atoms with Crippen molar-refractivity contribution in [2.24, 2.45) is 11.8 Å². The maximum absolute atomic E-state index is 11.5. The quantitative estimate of drug-likeness (QED) is 0.496. The third-order valence-electron chi connectivity index (χ3n) is 6.46. The van der Waals surface area contributed by atoms with Crippen molar-refractivity contribution in [1.29, 1.82) is 0 Å². The standard InChI is InChI=1S/C13H24N2O3.C11H22N2O2/c1-4-18-12(16)9-10-5-7-11(8-6-10)14-13(17)15(2)3;1-13(2)11(15)12-10-5-3-9(4-6-10)7-8-14/h10-11H,4-9H2,1-3H3,(H,14,17);9-10,14H,3-8H2,1-2H3,(H,12,15). The lowest BCUT2D eigenvalue weighted by atomic mass is 9.84. The van der Waals surface area contributed by atoms with Crippen molar-refractivity contribution in [3.8, 4) is 0 Å². The Kier molecular flexibility index (Phi) is 13.8. The van der Waals surface area contributed by atoms with Crippen molar-refractivity contribution in [3.63, 3.8) is 0 Å². The van der Waals surface area contributed by atoms with Crippen LogP contribution in [0.5, 0.6) is 0 Å². The van der Waals surface area contributed by atoms with Crippen LogP contribution in [-0.2, 0) is 9.53 Å². The van der Waals surface area contributed by atoms with Gasteiger partial charge in [0.05, 0.1) is 6.61 Å². The first kappa shape index (κ1) is 29.0. The fraction of sp³-hybridized carbons (Fsp3) is 0.875. The zero-order chi connectivity index (χ0) is 24.8. The number of nitrogens with one attached hydrogen (secondary N) is 2. The average Bonchev–Trinajstić information content (AvgIpc) is 2.77. The molecule has 2 rings (SSSR count). The van der Waals surface area contributed by atoms with Crippen LogP contribution in [0.1, 0.15) is 71.1 Å². The number of carbonyl (C=O) groups is 3. The molecule has 0 aromatic rings. The van der Waals surface area contributed by atoms with Crippen molar-refractivity contribution in [1.82, 2.24) is 20.4 Å². The highest BCUT2D eigenvalue weighted by molar-refractivity contribution is 5.74. The van der Waals surface area contributed by atoms with E-state index in [1.54, 1.807) is 38.0 Å². The van der Waals surface area contributed by atoms with E-state index in [2.05, 4.69) is 10.6 Å². The molecule has 3 N–H and O–H groups in total. The molecular formula is C24H46N4O5. The van der Waals surface area contributed by atoms with E-state index in [1.807, 2.05) is 6.92 Å². The molecule has 0 saturated heterocycles. The number of ether oxygens (including phenoxy) is 1. The van der Waals surface area contributed by atoms with Gasteiger partial charge in [0, 0.05) is 53.3 Å². The molecule has 0 aromatic carbocycles. The summed E-state index contributed by atoms with van der Waals surface area (Å²) in [5, 5.41) is 14.8. The molecule has 0 spiro atoms. The van der Waals surface area contributed by atoms with Crippen molar-refractivity contribution in [2.45, 2.75) is 83.2 Å². The fourth-order valence-corrected chi connectivity index (χ4v) is 4.35. The topological polar surface area (TPSA) is 111 Å². The minimum Gasteiger partial charge on any atom is -0.466 e. The summed E-state index contributed by atoms with van der Waals surface area (Å²) in [6.07, 6.45) is 9.63. The van der Waals surface area contributed by atoms with Gasteiger partial charge in [0.25, 0.3) is 0 Å². The first-order valence-corrected chi connectivity index (χ1v) is 12.4. The zero-order valence-corrected chi connectivity index (χ0v) is 21.3. The van der Waals surface area contributed by atoms with E-state index >= 15 is 0 Å². The number of urea groups is 2. The first-order chi connectivity index (χ1) is 15.7. The summed E-state index contributed by atoms with van der Waals surface area (Å²) in [6.45, 7) is 2.57. The van der Waals surface area contributed by atoms with E-state index < -0.39 is 0 Å². The fourth-order valence-electron chi connectivity index (χ4n) is 4.35. The first-order valence-electron chi connectivity index (χ1n) is 12.4. The summed E-state index contributed by atoms with van der Waals surface area (Å²) in [7, 11) is 6.99. The summed E-state index contributed by atoms with van der Waals surface area (Å²) in [5.74, 6) is 0.970.